The van der Waals surface area contributed by atoms with Gasteiger partial charge in [-0.25, -0.2) is 0 Å². The van der Waals surface area contributed by atoms with E-state index in [0.29, 0.717) is 12.1 Å². The highest BCUT2D eigenvalue weighted by molar-refractivity contribution is 5.75. The normalized spacial score (nSPS) is 23.7. The largest absolute Gasteiger partial charge is 0.481 e. The summed E-state index contributed by atoms with van der Waals surface area (Å²) in [6.07, 6.45) is 3.82. The Morgan fingerprint density at radius 2 is 2.10 bits per heavy atom. The highest BCUT2D eigenvalue weighted by Crippen LogP contribution is 2.22. The van der Waals surface area contributed by atoms with Crippen LogP contribution in [-0.2, 0) is 16.1 Å². The van der Waals surface area contributed by atoms with Crippen LogP contribution in [-0.4, -0.2) is 30.3 Å². The van der Waals surface area contributed by atoms with E-state index in [2.05, 4.69) is 5.32 Å². The maximum absolute atomic E-state index is 10.9. The summed E-state index contributed by atoms with van der Waals surface area (Å²) >= 11 is 0. The van der Waals surface area contributed by atoms with Crippen molar-refractivity contribution in [2.24, 2.45) is 0 Å². The van der Waals surface area contributed by atoms with E-state index in [1.807, 2.05) is 24.3 Å². The molecule has 1 aromatic rings. The van der Waals surface area contributed by atoms with Crippen LogP contribution in [0, 0.1) is 0 Å². The van der Waals surface area contributed by atoms with E-state index in [-0.39, 0.29) is 0 Å². The second kappa shape index (κ2) is 6.86. The zero-order chi connectivity index (χ0) is 14.5. The highest BCUT2D eigenvalue weighted by atomic mass is 16.5. The molecule has 0 radical (unpaired) electrons. The van der Waals surface area contributed by atoms with Gasteiger partial charge in [0.25, 0.3) is 0 Å². The fourth-order valence-corrected chi connectivity index (χ4v) is 2.76. The third kappa shape index (κ3) is 3.58. The fraction of sp³-hybridized carbons (Fsp3) is 0.562. The molecule has 0 aromatic heterocycles. The first-order valence-corrected chi connectivity index (χ1v) is 7.19. The molecular formula is C16H23NO3. The summed E-state index contributed by atoms with van der Waals surface area (Å²) in [4.78, 5) is 10.9. The monoisotopic (exact) mass is 277 g/mol. The van der Waals surface area contributed by atoms with E-state index in [9.17, 15) is 4.79 Å². The van der Waals surface area contributed by atoms with Gasteiger partial charge in [0.2, 0.25) is 0 Å². The van der Waals surface area contributed by atoms with Crippen LogP contribution in [0.5, 0.6) is 0 Å². The van der Waals surface area contributed by atoms with Crippen LogP contribution in [0.25, 0.3) is 0 Å². The number of hydrogen-bond acceptors (Lipinski definition) is 3. The molecule has 4 nitrogen and oxygen atoms in total. The fourth-order valence-electron chi connectivity index (χ4n) is 2.76. The summed E-state index contributed by atoms with van der Waals surface area (Å²) in [7, 11) is 1.77. The van der Waals surface area contributed by atoms with Crippen molar-refractivity contribution in [3.63, 3.8) is 0 Å². The third-order valence-corrected chi connectivity index (χ3v) is 4.17. The molecule has 0 aliphatic heterocycles. The number of hydrogen-bond donors (Lipinski definition) is 2. The number of carbonyl (C=O) groups is 1. The number of aliphatic carboxylic acids is 1. The van der Waals surface area contributed by atoms with E-state index in [1.165, 1.54) is 12.0 Å². The smallest absolute Gasteiger partial charge is 0.310 e. The van der Waals surface area contributed by atoms with Crippen molar-refractivity contribution < 1.29 is 14.6 Å². The molecule has 1 fully saturated rings. The maximum Gasteiger partial charge on any atom is 0.310 e. The van der Waals surface area contributed by atoms with E-state index in [1.54, 1.807) is 14.0 Å². The molecule has 0 heterocycles. The summed E-state index contributed by atoms with van der Waals surface area (Å²) in [5.41, 5.74) is 2.02. The molecule has 1 saturated carbocycles. The van der Waals surface area contributed by atoms with Crippen molar-refractivity contribution in [2.45, 2.75) is 50.8 Å². The Hall–Kier alpha value is -1.39. The van der Waals surface area contributed by atoms with E-state index in [4.69, 9.17) is 9.84 Å². The van der Waals surface area contributed by atoms with Gasteiger partial charge in [-0.3, -0.25) is 4.79 Å². The first kappa shape index (κ1) is 15.0. The third-order valence-electron chi connectivity index (χ3n) is 4.17. The van der Waals surface area contributed by atoms with Gasteiger partial charge in [-0.2, -0.15) is 0 Å². The van der Waals surface area contributed by atoms with E-state index in [0.717, 1.165) is 24.9 Å². The van der Waals surface area contributed by atoms with E-state index < -0.39 is 11.9 Å². The molecule has 0 amide bonds. The highest BCUT2D eigenvalue weighted by Gasteiger charge is 2.26. The van der Waals surface area contributed by atoms with Gasteiger partial charge in [-0.15, -0.1) is 0 Å². The number of benzene rings is 1. The van der Waals surface area contributed by atoms with Gasteiger partial charge >= 0.3 is 5.97 Å². The zero-order valence-electron chi connectivity index (χ0n) is 12.1. The van der Waals surface area contributed by atoms with Crippen LogP contribution < -0.4 is 5.32 Å². The first-order chi connectivity index (χ1) is 9.61. The van der Waals surface area contributed by atoms with Gasteiger partial charge < -0.3 is 15.2 Å². The Morgan fingerprint density at radius 1 is 1.40 bits per heavy atom. The summed E-state index contributed by atoms with van der Waals surface area (Å²) in [6, 6.07) is 8.23. The summed E-state index contributed by atoms with van der Waals surface area (Å²) in [5.74, 6) is -1.24. The summed E-state index contributed by atoms with van der Waals surface area (Å²) in [5, 5.41) is 12.5. The lowest BCUT2D eigenvalue weighted by molar-refractivity contribution is -0.138. The molecule has 110 valence electrons. The quantitative estimate of drug-likeness (QED) is 0.839. The van der Waals surface area contributed by atoms with Crippen molar-refractivity contribution in [1.29, 1.82) is 0 Å². The maximum atomic E-state index is 10.9. The van der Waals surface area contributed by atoms with Crippen LogP contribution >= 0.6 is 0 Å². The lowest BCUT2D eigenvalue weighted by Gasteiger charge is -2.19. The first-order valence-electron chi connectivity index (χ1n) is 7.19. The minimum Gasteiger partial charge on any atom is -0.481 e. The SMILES string of the molecule is COC1CCCC1NCc1ccc(C(C)C(=O)O)cc1. The molecule has 0 bridgehead atoms. The molecule has 20 heavy (non-hydrogen) atoms. The molecule has 0 saturated heterocycles. The number of nitrogens with one attached hydrogen (secondary N) is 1. The van der Waals surface area contributed by atoms with Crippen LogP contribution in [0.4, 0.5) is 0 Å². The number of rotatable bonds is 6. The second-order valence-corrected chi connectivity index (χ2v) is 5.49. The molecule has 3 unspecified atom stereocenters. The Bertz CT molecular complexity index is 444. The molecular weight excluding hydrogens is 254 g/mol. The molecule has 1 aliphatic rings. The molecule has 2 rings (SSSR count). The number of carboxylic acid groups (broad SMARTS) is 1. The van der Waals surface area contributed by atoms with Crippen LogP contribution in [0.15, 0.2) is 24.3 Å². The zero-order valence-corrected chi connectivity index (χ0v) is 12.1. The van der Waals surface area contributed by atoms with Crippen molar-refractivity contribution in [1.82, 2.24) is 5.32 Å². The molecule has 1 aromatic carbocycles. The minimum absolute atomic E-state index is 0.321. The second-order valence-electron chi connectivity index (χ2n) is 5.49. The summed E-state index contributed by atoms with van der Waals surface area (Å²) in [6.45, 7) is 2.50. The van der Waals surface area contributed by atoms with Crippen LogP contribution in [0.2, 0.25) is 0 Å². The van der Waals surface area contributed by atoms with Crippen molar-refractivity contribution in [3.8, 4) is 0 Å². The van der Waals surface area contributed by atoms with Crippen molar-refractivity contribution >= 4 is 5.97 Å². The molecule has 4 heteroatoms. The molecule has 1 aliphatic carbocycles. The number of ether oxygens (including phenoxy) is 1. The van der Waals surface area contributed by atoms with Gasteiger partial charge in [0.05, 0.1) is 12.0 Å². The standard InChI is InChI=1S/C16H23NO3/c1-11(16(18)19)13-8-6-12(7-9-13)10-17-14-4-3-5-15(14)20-2/h6-9,11,14-15,17H,3-5,10H2,1-2H3,(H,18,19). The van der Waals surface area contributed by atoms with Crippen molar-refractivity contribution in [3.05, 3.63) is 35.4 Å². The van der Waals surface area contributed by atoms with Gasteiger partial charge in [0.1, 0.15) is 0 Å². The topological polar surface area (TPSA) is 58.6 Å². The van der Waals surface area contributed by atoms with Crippen LogP contribution in [0.1, 0.15) is 43.2 Å². The van der Waals surface area contributed by atoms with Crippen molar-refractivity contribution in [2.75, 3.05) is 7.11 Å². The minimum atomic E-state index is -0.787. The average Bonchev–Trinajstić information content (AvgIpc) is 2.92. The number of methoxy groups -OCH3 is 1. The molecule has 2 N–H and O–H groups in total. The van der Waals surface area contributed by atoms with E-state index >= 15 is 0 Å². The molecule has 0 spiro atoms. The Labute approximate surface area is 120 Å². The average molecular weight is 277 g/mol. The van der Waals surface area contributed by atoms with Crippen LogP contribution in [0.3, 0.4) is 0 Å². The Kier molecular flexibility index (Phi) is 5.15. The number of carboxylic acids is 1. The molecule has 3 atom stereocenters. The van der Waals surface area contributed by atoms with Gasteiger partial charge in [0, 0.05) is 19.7 Å². The Morgan fingerprint density at radius 3 is 2.70 bits per heavy atom. The Balaban J connectivity index is 1.89. The van der Waals surface area contributed by atoms with Gasteiger partial charge in [0.15, 0.2) is 0 Å². The summed E-state index contributed by atoms with van der Waals surface area (Å²) < 4.78 is 5.46. The van der Waals surface area contributed by atoms with Gasteiger partial charge in [-0.05, 0) is 37.3 Å². The predicted octanol–water partition coefficient (Wildman–Crippen LogP) is 2.53. The lowest BCUT2D eigenvalue weighted by atomic mass is 10.00. The van der Waals surface area contributed by atoms with Gasteiger partial charge in [-0.1, -0.05) is 24.3 Å². The lowest BCUT2D eigenvalue weighted by Crippen LogP contribution is -2.36. The predicted molar refractivity (Wildman–Crippen MR) is 77.8 cm³/mol.